The molecule has 6 heteroatoms. The van der Waals surface area contributed by atoms with Gasteiger partial charge in [0.1, 0.15) is 17.5 Å². The fourth-order valence-corrected chi connectivity index (χ4v) is 3.09. The lowest BCUT2D eigenvalue weighted by atomic mass is 10.1. The van der Waals surface area contributed by atoms with Gasteiger partial charge in [0.15, 0.2) is 0 Å². The summed E-state index contributed by atoms with van der Waals surface area (Å²) in [7, 11) is 1.91. The van der Waals surface area contributed by atoms with Gasteiger partial charge in [-0.25, -0.2) is 14.4 Å². The highest BCUT2D eigenvalue weighted by molar-refractivity contribution is 5.64. The molecule has 0 spiro atoms. The molecule has 0 atom stereocenters. The minimum Gasteiger partial charge on any atom is -0.354 e. The summed E-state index contributed by atoms with van der Waals surface area (Å²) in [5.74, 6) is 1.78. The van der Waals surface area contributed by atoms with Crippen LogP contribution < -0.4 is 10.2 Å². The number of rotatable bonds is 7. The summed E-state index contributed by atoms with van der Waals surface area (Å²) < 4.78 is 13.2. The number of hydrogen-bond donors (Lipinski definition) is 1. The number of nitrogens with zero attached hydrogens (tertiary/aromatic N) is 4. The van der Waals surface area contributed by atoms with E-state index in [-0.39, 0.29) is 5.82 Å². The van der Waals surface area contributed by atoms with Gasteiger partial charge in [-0.05, 0) is 54.4 Å². The molecule has 5 nitrogen and oxygen atoms in total. The van der Waals surface area contributed by atoms with E-state index in [2.05, 4.69) is 27.4 Å². The van der Waals surface area contributed by atoms with Crippen molar-refractivity contribution >= 4 is 17.6 Å². The van der Waals surface area contributed by atoms with Crippen molar-refractivity contribution in [3.05, 3.63) is 96.4 Å². The van der Waals surface area contributed by atoms with E-state index in [1.165, 1.54) is 17.7 Å². The van der Waals surface area contributed by atoms with Crippen LogP contribution in [0.5, 0.6) is 0 Å². The normalized spacial score (nSPS) is 10.6. The Hall–Kier alpha value is -3.80. The van der Waals surface area contributed by atoms with Crippen LogP contribution in [-0.4, -0.2) is 28.5 Å². The van der Waals surface area contributed by atoms with Crippen LogP contribution >= 0.6 is 0 Å². The highest BCUT2D eigenvalue weighted by atomic mass is 19.1. The van der Waals surface area contributed by atoms with Gasteiger partial charge in [-0.2, -0.15) is 4.98 Å². The van der Waals surface area contributed by atoms with Gasteiger partial charge in [-0.15, -0.1) is 0 Å². The van der Waals surface area contributed by atoms with Crippen LogP contribution in [-0.2, 0) is 6.42 Å². The van der Waals surface area contributed by atoms with E-state index in [0.29, 0.717) is 5.95 Å². The van der Waals surface area contributed by atoms with Crippen LogP contribution in [0.25, 0.3) is 11.3 Å². The third kappa shape index (κ3) is 4.78. The molecule has 2 heterocycles. The SMILES string of the molecule is CN(c1cccc(-c2ccc(F)cc2)n1)c1ccnc(NCCc2ccccc2)n1. The standard InChI is InChI=1S/C24H22FN5/c1-30(22-9-5-8-21(28-22)19-10-12-20(25)13-11-19)23-15-17-27-24(29-23)26-16-14-18-6-3-2-4-7-18/h2-13,15,17H,14,16H2,1H3,(H,26,27,29). The molecule has 2 aromatic heterocycles. The van der Waals surface area contributed by atoms with Crippen molar-refractivity contribution in [1.82, 2.24) is 15.0 Å². The van der Waals surface area contributed by atoms with Crippen molar-refractivity contribution < 1.29 is 4.39 Å². The molecule has 0 aliphatic rings. The second-order valence-corrected chi connectivity index (χ2v) is 6.85. The Morgan fingerprint density at radius 3 is 2.40 bits per heavy atom. The third-order valence-electron chi connectivity index (χ3n) is 4.74. The summed E-state index contributed by atoms with van der Waals surface area (Å²) in [6.07, 6.45) is 2.62. The first-order valence-corrected chi connectivity index (χ1v) is 9.76. The van der Waals surface area contributed by atoms with Gasteiger partial charge in [-0.1, -0.05) is 36.4 Å². The summed E-state index contributed by atoms with van der Waals surface area (Å²) in [6.45, 7) is 0.746. The largest absolute Gasteiger partial charge is 0.354 e. The fraction of sp³-hybridized carbons (Fsp3) is 0.125. The number of hydrogen-bond acceptors (Lipinski definition) is 5. The minimum atomic E-state index is -0.264. The monoisotopic (exact) mass is 399 g/mol. The van der Waals surface area contributed by atoms with Gasteiger partial charge in [0.25, 0.3) is 0 Å². The van der Waals surface area contributed by atoms with Crippen molar-refractivity contribution in [1.29, 1.82) is 0 Å². The first-order chi connectivity index (χ1) is 14.7. The molecule has 0 aliphatic heterocycles. The molecule has 0 fully saturated rings. The maximum Gasteiger partial charge on any atom is 0.224 e. The van der Waals surface area contributed by atoms with Crippen LogP contribution in [0.2, 0.25) is 0 Å². The maximum atomic E-state index is 13.2. The predicted molar refractivity (Wildman–Crippen MR) is 118 cm³/mol. The molecule has 150 valence electrons. The lowest BCUT2D eigenvalue weighted by molar-refractivity contribution is 0.628. The summed E-state index contributed by atoms with van der Waals surface area (Å²) in [5, 5.41) is 3.28. The number of halogens is 1. The number of anilines is 3. The molecule has 0 saturated carbocycles. The predicted octanol–water partition coefficient (Wildman–Crippen LogP) is 5.10. The number of pyridine rings is 1. The maximum absolute atomic E-state index is 13.2. The molecule has 0 radical (unpaired) electrons. The summed E-state index contributed by atoms with van der Waals surface area (Å²) in [4.78, 5) is 15.5. The Balaban J connectivity index is 1.47. The molecule has 0 saturated heterocycles. The molecular weight excluding hydrogens is 377 g/mol. The average Bonchev–Trinajstić information content (AvgIpc) is 2.80. The number of benzene rings is 2. The van der Waals surface area contributed by atoms with Crippen molar-refractivity contribution in [2.24, 2.45) is 0 Å². The van der Waals surface area contributed by atoms with Gasteiger partial charge in [0.2, 0.25) is 5.95 Å². The number of aromatic nitrogens is 3. The Kier molecular flexibility index (Phi) is 5.94. The lowest BCUT2D eigenvalue weighted by Gasteiger charge is -2.18. The van der Waals surface area contributed by atoms with Gasteiger partial charge in [0.05, 0.1) is 5.69 Å². The molecule has 0 bridgehead atoms. The first-order valence-electron chi connectivity index (χ1n) is 9.76. The lowest BCUT2D eigenvalue weighted by Crippen LogP contribution is -2.15. The molecule has 2 aromatic carbocycles. The van der Waals surface area contributed by atoms with Gasteiger partial charge in [0, 0.05) is 25.4 Å². The van der Waals surface area contributed by atoms with E-state index in [1.807, 2.05) is 54.4 Å². The molecule has 0 aliphatic carbocycles. The zero-order chi connectivity index (χ0) is 20.8. The second kappa shape index (κ2) is 9.13. The summed E-state index contributed by atoms with van der Waals surface area (Å²) >= 11 is 0. The van der Waals surface area contributed by atoms with E-state index in [9.17, 15) is 4.39 Å². The molecular formula is C24H22FN5. The summed E-state index contributed by atoms with van der Waals surface area (Å²) in [5.41, 5.74) is 2.90. The highest BCUT2D eigenvalue weighted by Gasteiger charge is 2.10. The van der Waals surface area contributed by atoms with Gasteiger partial charge < -0.3 is 10.2 Å². The molecule has 4 aromatic rings. The van der Waals surface area contributed by atoms with Crippen LogP contribution in [0.15, 0.2) is 85.1 Å². The van der Waals surface area contributed by atoms with Gasteiger partial charge in [-0.3, -0.25) is 0 Å². The topological polar surface area (TPSA) is 53.9 Å². The molecule has 0 unspecified atom stereocenters. The number of nitrogens with one attached hydrogen (secondary N) is 1. The van der Waals surface area contributed by atoms with E-state index in [1.54, 1.807) is 18.3 Å². The van der Waals surface area contributed by atoms with E-state index < -0.39 is 0 Å². The molecule has 30 heavy (non-hydrogen) atoms. The van der Waals surface area contributed by atoms with E-state index >= 15 is 0 Å². The van der Waals surface area contributed by atoms with Crippen LogP contribution in [0.1, 0.15) is 5.56 Å². The smallest absolute Gasteiger partial charge is 0.224 e. The Bertz CT molecular complexity index is 1100. The zero-order valence-electron chi connectivity index (χ0n) is 16.7. The van der Waals surface area contributed by atoms with Crippen LogP contribution in [0.3, 0.4) is 0 Å². The Morgan fingerprint density at radius 2 is 1.60 bits per heavy atom. The van der Waals surface area contributed by atoms with Crippen molar-refractivity contribution in [3.63, 3.8) is 0 Å². The molecule has 4 rings (SSSR count). The highest BCUT2D eigenvalue weighted by Crippen LogP contribution is 2.24. The molecule has 0 amide bonds. The Labute approximate surface area is 175 Å². The molecule has 1 N–H and O–H groups in total. The first kappa shape index (κ1) is 19.5. The fourth-order valence-electron chi connectivity index (χ4n) is 3.09. The van der Waals surface area contributed by atoms with Crippen molar-refractivity contribution in [3.8, 4) is 11.3 Å². The van der Waals surface area contributed by atoms with Gasteiger partial charge >= 0.3 is 0 Å². The van der Waals surface area contributed by atoms with E-state index in [0.717, 1.165) is 35.9 Å². The van der Waals surface area contributed by atoms with Crippen LogP contribution in [0, 0.1) is 5.82 Å². The minimum absolute atomic E-state index is 0.264. The van der Waals surface area contributed by atoms with Crippen molar-refractivity contribution in [2.45, 2.75) is 6.42 Å². The second-order valence-electron chi connectivity index (χ2n) is 6.85. The Morgan fingerprint density at radius 1 is 0.833 bits per heavy atom. The summed E-state index contributed by atoms with van der Waals surface area (Å²) in [6, 6.07) is 24.2. The van der Waals surface area contributed by atoms with Crippen molar-refractivity contribution in [2.75, 3.05) is 23.8 Å². The quantitative estimate of drug-likeness (QED) is 0.469. The van der Waals surface area contributed by atoms with Crippen LogP contribution in [0.4, 0.5) is 22.0 Å². The third-order valence-corrected chi connectivity index (χ3v) is 4.74. The average molecular weight is 399 g/mol. The zero-order valence-corrected chi connectivity index (χ0v) is 16.7. The van der Waals surface area contributed by atoms with E-state index in [4.69, 9.17) is 4.98 Å².